The zero-order valence-corrected chi connectivity index (χ0v) is 16.3. The lowest BCUT2D eigenvalue weighted by Crippen LogP contribution is -2.46. The molecule has 3 heteroatoms. The largest absolute Gasteiger partial charge is 0.389 e. The van der Waals surface area contributed by atoms with Crippen molar-refractivity contribution in [2.75, 3.05) is 32.8 Å². The van der Waals surface area contributed by atoms with Gasteiger partial charge in [0.25, 0.3) is 0 Å². The summed E-state index contributed by atoms with van der Waals surface area (Å²) in [6.07, 6.45) is 13.8. The molecule has 0 aromatic rings. The van der Waals surface area contributed by atoms with Gasteiger partial charge < -0.3 is 14.7 Å². The van der Waals surface area contributed by atoms with Crippen LogP contribution in [-0.2, 0) is 4.74 Å². The van der Waals surface area contributed by atoms with Crippen LogP contribution >= 0.6 is 0 Å². The molecule has 0 unspecified atom stereocenters. The summed E-state index contributed by atoms with van der Waals surface area (Å²) in [6.45, 7) is 6.80. The maximum atomic E-state index is 10.4. The first-order chi connectivity index (χ1) is 12.1. The molecular weight excluding hydrogens is 310 g/mol. The van der Waals surface area contributed by atoms with Crippen LogP contribution in [0.15, 0.2) is 0 Å². The zero-order chi connectivity index (χ0) is 17.3. The van der Waals surface area contributed by atoms with Gasteiger partial charge in [0.2, 0.25) is 0 Å². The summed E-state index contributed by atoms with van der Waals surface area (Å²) in [6, 6.07) is 0. The van der Waals surface area contributed by atoms with Crippen LogP contribution in [0.2, 0.25) is 0 Å². The van der Waals surface area contributed by atoms with Gasteiger partial charge >= 0.3 is 0 Å². The normalized spacial score (nSPS) is 42.0. The summed E-state index contributed by atoms with van der Waals surface area (Å²) >= 11 is 0. The van der Waals surface area contributed by atoms with E-state index in [1.807, 2.05) is 0 Å². The molecule has 0 aromatic heterocycles. The Kier molecular flexibility index (Phi) is 5.74. The van der Waals surface area contributed by atoms with Gasteiger partial charge in [-0.3, -0.25) is 0 Å². The van der Waals surface area contributed by atoms with Crippen molar-refractivity contribution in [2.24, 2.45) is 29.1 Å². The van der Waals surface area contributed by atoms with Gasteiger partial charge in [-0.05, 0) is 93.4 Å². The van der Waals surface area contributed by atoms with Gasteiger partial charge in [-0.2, -0.15) is 0 Å². The average Bonchev–Trinajstić information content (AvgIpc) is 2.58. The number of hydrogen-bond acceptors (Lipinski definition) is 3. The summed E-state index contributed by atoms with van der Waals surface area (Å²) in [5, 5.41) is 10.4. The van der Waals surface area contributed by atoms with Crippen LogP contribution in [0.25, 0.3) is 0 Å². The fourth-order valence-electron chi connectivity index (χ4n) is 7.11. The quantitative estimate of drug-likeness (QED) is 0.670. The average molecular weight is 350 g/mol. The molecule has 5 aliphatic rings. The lowest BCUT2D eigenvalue weighted by atomic mass is 9.49. The van der Waals surface area contributed by atoms with Gasteiger partial charge in [-0.25, -0.2) is 0 Å². The van der Waals surface area contributed by atoms with Crippen molar-refractivity contribution >= 4 is 0 Å². The molecule has 4 saturated carbocycles. The maximum absolute atomic E-state index is 10.4. The van der Waals surface area contributed by atoms with Gasteiger partial charge in [0.1, 0.15) is 0 Å². The standard InChI is InChI=1S/C22H39NO2/c1-2-17-4-3-6-23(14-17)15-21(24)16-25-7-5-22-11-18-8-19(12-22)10-20(9-18)13-22/h17-21,24H,2-16H2,1H3/t17-,18?,19?,20?,21+,22?/m0/s1. The molecule has 2 atom stereocenters. The van der Waals surface area contributed by atoms with E-state index in [2.05, 4.69) is 11.8 Å². The van der Waals surface area contributed by atoms with Gasteiger partial charge in [0, 0.05) is 19.7 Å². The van der Waals surface area contributed by atoms with E-state index in [-0.39, 0.29) is 6.10 Å². The minimum atomic E-state index is -0.313. The second-order valence-corrected chi connectivity index (χ2v) is 10.1. The molecule has 4 aliphatic carbocycles. The van der Waals surface area contributed by atoms with Gasteiger partial charge in [0.05, 0.1) is 12.7 Å². The van der Waals surface area contributed by atoms with Gasteiger partial charge in [-0.15, -0.1) is 0 Å². The highest BCUT2D eigenvalue weighted by Gasteiger charge is 2.50. The molecule has 5 rings (SSSR count). The number of hydrogen-bond donors (Lipinski definition) is 1. The molecule has 1 N–H and O–H groups in total. The number of β-amino-alcohol motifs (C(OH)–C–C–N with tert-alkyl or cyclic N) is 1. The molecule has 0 amide bonds. The van der Waals surface area contributed by atoms with E-state index in [9.17, 15) is 5.11 Å². The number of piperidine rings is 1. The molecule has 1 saturated heterocycles. The SMILES string of the molecule is CC[C@H]1CCCN(C[C@@H](O)COCCC23CC4CC(CC(C4)C2)C3)C1. The summed E-state index contributed by atoms with van der Waals surface area (Å²) < 4.78 is 5.95. The highest BCUT2D eigenvalue weighted by molar-refractivity contribution is 5.01. The van der Waals surface area contributed by atoms with Crippen molar-refractivity contribution in [1.29, 1.82) is 0 Å². The van der Waals surface area contributed by atoms with Crippen LogP contribution in [0.3, 0.4) is 0 Å². The summed E-state index contributed by atoms with van der Waals surface area (Å²) in [4.78, 5) is 2.45. The Balaban J connectivity index is 1.15. The Hall–Kier alpha value is -0.120. The topological polar surface area (TPSA) is 32.7 Å². The van der Waals surface area contributed by atoms with Crippen molar-refractivity contribution in [3.63, 3.8) is 0 Å². The monoisotopic (exact) mass is 349 g/mol. The second kappa shape index (κ2) is 7.86. The van der Waals surface area contributed by atoms with E-state index in [1.165, 1.54) is 70.8 Å². The number of aliphatic hydroxyl groups is 1. The van der Waals surface area contributed by atoms with Crippen molar-refractivity contribution in [3.05, 3.63) is 0 Å². The van der Waals surface area contributed by atoms with Crippen molar-refractivity contribution in [3.8, 4) is 0 Å². The highest BCUT2D eigenvalue weighted by atomic mass is 16.5. The first kappa shape index (κ1) is 18.3. The maximum Gasteiger partial charge on any atom is 0.0900 e. The molecule has 144 valence electrons. The predicted octanol–water partition coefficient (Wildman–Crippen LogP) is 4.09. The summed E-state index contributed by atoms with van der Waals surface area (Å²) in [7, 11) is 0. The molecular formula is C22H39NO2. The summed E-state index contributed by atoms with van der Waals surface area (Å²) in [5.41, 5.74) is 0.612. The predicted molar refractivity (Wildman–Crippen MR) is 102 cm³/mol. The molecule has 25 heavy (non-hydrogen) atoms. The molecule has 0 radical (unpaired) electrons. The van der Waals surface area contributed by atoms with Gasteiger partial charge in [-0.1, -0.05) is 13.3 Å². The van der Waals surface area contributed by atoms with E-state index in [0.717, 1.165) is 43.4 Å². The van der Waals surface area contributed by atoms with E-state index in [0.29, 0.717) is 12.0 Å². The Morgan fingerprint density at radius 3 is 2.44 bits per heavy atom. The third-order valence-electron chi connectivity index (χ3n) is 7.90. The minimum absolute atomic E-state index is 0.313. The molecule has 1 aliphatic heterocycles. The van der Waals surface area contributed by atoms with Crippen LogP contribution in [0.5, 0.6) is 0 Å². The lowest BCUT2D eigenvalue weighted by Gasteiger charge is -2.57. The first-order valence-electron chi connectivity index (χ1n) is 11.1. The van der Waals surface area contributed by atoms with E-state index < -0.39 is 0 Å². The number of nitrogens with zero attached hydrogens (tertiary/aromatic N) is 1. The Morgan fingerprint density at radius 2 is 1.80 bits per heavy atom. The van der Waals surface area contributed by atoms with Crippen LogP contribution in [-0.4, -0.2) is 49.0 Å². The fourth-order valence-corrected chi connectivity index (χ4v) is 7.11. The Morgan fingerprint density at radius 1 is 1.12 bits per heavy atom. The summed E-state index contributed by atoms with van der Waals surface area (Å²) in [5.74, 6) is 3.92. The minimum Gasteiger partial charge on any atom is -0.389 e. The zero-order valence-electron chi connectivity index (χ0n) is 16.3. The van der Waals surface area contributed by atoms with Crippen LogP contribution in [0.4, 0.5) is 0 Å². The fraction of sp³-hybridized carbons (Fsp3) is 1.00. The number of likely N-dealkylation sites (tertiary alicyclic amines) is 1. The Bertz CT molecular complexity index is 402. The third-order valence-corrected chi connectivity index (χ3v) is 7.90. The molecule has 4 bridgehead atoms. The molecule has 0 aromatic carbocycles. The van der Waals surface area contributed by atoms with Gasteiger partial charge in [0.15, 0.2) is 0 Å². The highest BCUT2D eigenvalue weighted by Crippen LogP contribution is 2.61. The smallest absolute Gasteiger partial charge is 0.0900 e. The van der Waals surface area contributed by atoms with Crippen molar-refractivity contribution in [1.82, 2.24) is 4.90 Å². The molecule has 3 nitrogen and oxygen atoms in total. The van der Waals surface area contributed by atoms with E-state index in [4.69, 9.17) is 4.74 Å². The van der Waals surface area contributed by atoms with E-state index in [1.54, 1.807) is 0 Å². The van der Waals surface area contributed by atoms with Crippen LogP contribution < -0.4 is 0 Å². The van der Waals surface area contributed by atoms with E-state index >= 15 is 0 Å². The van der Waals surface area contributed by atoms with Crippen LogP contribution in [0, 0.1) is 29.1 Å². The second-order valence-electron chi connectivity index (χ2n) is 10.1. The van der Waals surface area contributed by atoms with Crippen LogP contribution in [0.1, 0.15) is 71.1 Å². The number of ether oxygens (including phenoxy) is 1. The molecule has 1 heterocycles. The third kappa shape index (κ3) is 4.42. The number of aliphatic hydroxyl groups excluding tert-OH is 1. The Labute approximate surface area is 154 Å². The van der Waals surface area contributed by atoms with Crippen molar-refractivity contribution < 1.29 is 9.84 Å². The molecule has 5 fully saturated rings. The number of rotatable bonds is 8. The first-order valence-corrected chi connectivity index (χ1v) is 11.1. The van der Waals surface area contributed by atoms with Crippen molar-refractivity contribution in [2.45, 2.75) is 77.2 Å². The molecule has 0 spiro atoms. The lowest BCUT2D eigenvalue weighted by molar-refractivity contribution is -0.0744.